The molecule has 0 saturated carbocycles. The number of hydrogen-bond donors (Lipinski definition) is 1. The predicted octanol–water partition coefficient (Wildman–Crippen LogP) is 5.18. The van der Waals surface area contributed by atoms with E-state index in [1.54, 1.807) is 30.0 Å². The van der Waals surface area contributed by atoms with Crippen LogP contribution in [0.1, 0.15) is 43.9 Å². The molecule has 2 rings (SSSR count). The maximum atomic E-state index is 13.2. The van der Waals surface area contributed by atoms with Crippen molar-refractivity contribution in [3.63, 3.8) is 0 Å². The van der Waals surface area contributed by atoms with E-state index >= 15 is 0 Å². The smallest absolute Gasteiger partial charge is 0.242 e. The summed E-state index contributed by atoms with van der Waals surface area (Å²) >= 11 is 12.7. The lowest BCUT2D eigenvalue weighted by atomic mass is 10.1. The number of halogens is 2. The maximum Gasteiger partial charge on any atom is 0.242 e. The number of amides is 2. The highest BCUT2D eigenvalue weighted by Gasteiger charge is 2.28. The first-order valence-corrected chi connectivity index (χ1v) is 10.6. The van der Waals surface area contributed by atoms with Crippen LogP contribution in [0, 0.1) is 6.92 Å². The number of carbonyl (C=O) groups is 2. The van der Waals surface area contributed by atoms with Crippen LogP contribution < -0.4 is 5.32 Å². The predicted molar refractivity (Wildman–Crippen MR) is 119 cm³/mol. The van der Waals surface area contributed by atoms with Gasteiger partial charge in [-0.25, -0.2) is 0 Å². The largest absolute Gasteiger partial charge is 0.352 e. The average molecular weight is 435 g/mol. The van der Waals surface area contributed by atoms with Gasteiger partial charge in [0.2, 0.25) is 11.8 Å². The highest BCUT2D eigenvalue weighted by atomic mass is 35.5. The molecule has 2 atom stereocenters. The van der Waals surface area contributed by atoms with Crippen LogP contribution in [0.5, 0.6) is 0 Å². The molecule has 0 aromatic heterocycles. The first kappa shape index (κ1) is 23.2. The Morgan fingerprint density at radius 3 is 2.28 bits per heavy atom. The number of aryl methyl sites for hydroxylation is 1. The van der Waals surface area contributed by atoms with E-state index in [2.05, 4.69) is 5.32 Å². The molecule has 6 heteroatoms. The van der Waals surface area contributed by atoms with Crippen molar-refractivity contribution in [1.29, 1.82) is 0 Å². The van der Waals surface area contributed by atoms with Crippen LogP contribution in [0.15, 0.2) is 42.5 Å². The van der Waals surface area contributed by atoms with Crippen molar-refractivity contribution >= 4 is 35.0 Å². The third-order valence-electron chi connectivity index (χ3n) is 5.00. The van der Waals surface area contributed by atoms with E-state index < -0.39 is 6.04 Å². The van der Waals surface area contributed by atoms with Gasteiger partial charge in [-0.15, -0.1) is 0 Å². The maximum absolute atomic E-state index is 13.2. The normalized spacial score (nSPS) is 12.9. The summed E-state index contributed by atoms with van der Waals surface area (Å²) in [6.45, 7) is 7.82. The van der Waals surface area contributed by atoms with Gasteiger partial charge in [0, 0.05) is 28.2 Å². The van der Waals surface area contributed by atoms with Gasteiger partial charge in [-0.2, -0.15) is 0 Å². The average Bonchev–Trinajstić information content (AvgIpc) is 2.67. The molecule has 0 bridgehead atoms. The van der Waals surface area contributed by atoms with E-state index in [-0.39, 0.29) is 30.8 Å². The first-order valence-electron chi connectivity index (χ1n) is 9.81. The summed E-state index contributed by atoms with van der Waals surface area (Å²) in [5.41, 5.74) is 2.62. The van der Waals surface area contributed by atoms with Crippen molar-refractivity contribution in [3.8, 4) is 0 Å². The van der Waals surface area contributed by atoms with Gasteiger partial charge < -0.3 is 10.2 Å². The SMILES string of the molecule is CC[C@@H](C)NC(=O)[C@H](C)N(Cc1c(Cl)cccc1Cl)C(=O)Cc1cccc(C)c1. The molecule has 0 aliphatic heterocycles. The Morgan fingerprint density at radius 2 is 1.69 bits per heavy atom. The molecule has 2 aromatic rings. The molecule has 0 aliphatic carbocycles. The van der Waals surface area contributed by atoms with Gasteiger partial charge >= 0.3 is 0 Å². The van der Waals surface area contributed by atoms with Crippen LogP contribution in [0.3, 0.4) is 0 Å². The summed E-state index contributed by atoms with van der Waals surface area (Å²) in [6.07, 6.45) is 1.01. The van der Waals surface area contributed by atoms with Gasteiger partial charge in [-0.3, -0.25) is 9.59 Å². The minimum absolute atomic E-state index is 0.0302. The number of benzene rings is 2. The summed E-state index contributed by atoms with van der Waals surface area (Å²) in [5.74, 6) is -0.349. The lowest BCUT2D eigenvalue weighted by Gasteiger charge is -2.30. The molecule has 2 aromatic carbocycles. The Balaban J connectivity index is 2.31. The fourth-order valence-corrected chi connectivity index (χ4v) is 3.52. The molecule has 0 radical (unpaired) electrons. The molecule has 0 saturated heterocycles. The van der Waals surface area contributed by atoms with E-state index in [0.29, 0.717) is 15.6 Å². The molecular weight excluding hydrogens is 407 g/mol. The molecule has 0 unspecified atom stereocenters. The number of carbonyl (C=O) groups excluding carboxylic acids is 2. The Morgan fingerprint density at radius 1 is 1.07 bits per heavy atom. The van der Waals surface area contributed by atoms with Crippen LogP contribution in [-0.2, 0) is 22.6 Å². The van der Waals surface area contributed by atoms with Crippen molar-refractivity contribution < 1.29 is 9.59 Å². The zero-order chi connectivity index (χ0) is 21.6. The van der Waals surface area contributed by atoms with Gasteiger partial charge in [-0.1, -0.05) is 66.0 Å². The van der Waals surface area contributed by atoms with E-state index in [1.165, 1.54) is 0 Å². The fourth-order valence-electron chi connectivity index (χ4n) is 3.00. The van der Waals surface area contributed by atoms with E-state index in [0.717, 1.165) is 17.5 Å². The number of nitrogens with zero attached hydrogens (tertiary/aromatic N) is 1. The molecule has 29 heavy (non-hydrogen) atoms. The standard InChI is InChI=1S/C23H28Cl2N2O2/c1-5-16(3)26-23(29)17(4)27(14-19-20(24)10-7-11-21(19)25)22(28)13-18-9-6-8-15(2)12-18/h6-12,16-17H,5,13-14H2,1-4H3,(H,26,29)/t16-,17+/m1/s1. The number of rotatable bonds is 8. The molecule has 2 amide bonds. The Kier molecular flexibility index (Phi) is 8.54. The second-order valence-electron chi connectivity index (χ2n) is 7.38. The Bertz CT molecular complexity index is 849. The van der Waals surface area contributed by atoms with E-state index in [9.17, 15) is 9.59 Å². The first-order chi connectivity index (χ1) is 13.7. The Labute approximate surface area is 183 Å². The quantitative estimate of drug-likeness (QED) is 0.622. The summed E-state index contributed by atoms with van der Waals surface area (Å²) < 4.78 is 0. The fraction of sp³-hybridized carbons (Fsp3) is 0.391. The van der Waals surface area contributed by atoms with E-state index in [1.807, 2.05) is 45.0 Å². The lowest BCUT2D eigenvalue weighted by Crippen LogP contribution is -2.50. The summed E-state index contributed by atoms with van der Waals surface area (Å²) in [4.78, 5) is 27.5. The topological polar surface area (TPSA) is 49.4 Å². The molecule has 0 spiro atoms. The van der Waals surface area contributed by atoms with Gasteiger partial charge in [0.25, 0.3) is 0 Å². The van der Waals surface area contributed by atoms with Crippen LogP contribution in [0.4, 0.5) is 0 Å². The van der Waals surface area contributed by atoms with Crippen LogP contribution in [-0.4, -0.2) is 28.8 Å². The van der Waals surface area contributed by atoms with Crippen LogP contribution in [0.25, 0.3) is 0 Å². The van der Waals surface area contributed by atoms with Gasteiger partial charge in [0.05, 0.1) is 6.42 Å². The van der Waals surface area contributed by atoms with Crippen molar-refractivity contribution in [1.82, 2.24) is 10.2 Å². The molecule has 4 nitrogen and oxygen atoms in total. The highest BCUT2D eigenvalue weighted by Crippen LogP contribution is 2.27. The summed E-state index contributed by atoms with van der Waals surface area (Å²) in [5, 5.41) is 3.90. The Hall–Kier alpha value is -2.04. The van der Waals surface area contributed by atoms with Gasteiger partial charge in [-0.05, 0) is 44.9 Å². The third-order valence-corrected chi connectivity index (χ3v) is 5.70. The van der Waals surface area contributed by atoms with Crippen molar-refractivity contribution in [3.05, 3.63) is 69.2 Å². The molecule has 156 valence electrons. The minimum Gasteiger partial charge on any atom is -0.352 e. The van der Waals surface area contributed by atoms with Gasteiger partial charge in [0.15, 0.2) is 0 Å². The van der Waals surface area contributed by atoms with Crippen LogP contribution in [0.2, 0.25) is 10.0 Å². The third kappa shape index (κ3) is 6.48. The second-order valence-corrected chi connectivity index (χ2v) is 8.20. The number of nitrogens with one attached hydrogen (secondary N) is 1. The zero-order valence-electron chi connectivity index (χ0n) is 17.3. The zero-order valence-corrected chi connectivity index (χ0v) is 18.8. The van der Waals surface area contributed by atoms with Crippen molar-refractivity contribution in [2.24, 2.45) is 0 Å². The minimum atomic E-state index is -0.659. The second kappa shape index (κ2) is 10.7. The number of hydrogen-bond acceptors (Lipinski definition) is 2. The molecular formula is C23H28Cl2N2O2. The summed E-state index contributed by atoms with van der Waals surface area (Å²) in [6, 6.07) is 12.4. The summed E-state index contributed by atoms with van der Waals surface area (Å²) in [7, 11) is 0. The molecule has 0 aliphatic rings. The van der Waals surface area contributed by atoms with E-state index in [4.69, 9.17) is 23.2 Å². The molecule has 1 N–H and O–H groups in total. The van der Waals surface area contributed by atoms with Crippen molar-refractivity contribution in [2.75, 3.05) is 0 Å². The molecule has 0 heterocycles. The highest BCUT2D eigenvalue weighted by molar-refractivity contribution is 6.36. The monoisotopic (exact) mass is 434 g/mol. The molecule has 0 fully saturated rings. The van der Waals surface area contributed by atoms with Crippen molar-refractivity contribution in [2.45, 2.75) is 59.2 Å². The van der Waals surface area contributed by atoms with Gasteiger partial charge in [0.1, 0.15) is 6.04 Å². The van der Waals surface area contributed by atoms with Crippen LogP contribution >= 0.6 is 23.2 Å². The lowest BCUT2D eigenvalue weighted by molar-refractivity contribution is -0.140.